The zero-order valence-electron chi connectivity index (χ0n) is 20.3. The first-order valence-electron chi connectivity index (χ1n) is 12.8. The van der Waals surface area contributed by atoms with Crippen molar-refractivity contribution in [2.75, 3.05) is 13.1 Å². The molecule has 178 valence electrons. The van der Waals surface area contributed by atoms with Crippen LogP contribution in [0.15, 0.2) is 66.7 Å². The van der Waals surface area contributed by atoms with E-state index in [4.69, 9.17) is 5.73 Å². The summed E-state index contributed by atoms with van der Waals surface area (Å²) in [5.41, 5.74) is 12.1. The van der Waals surface area contributed by atoms with Crippen molar-refractivity contribution in [1.82, 2.24) is 5.32 Å². The first kappa shape index (κ1) is 23.3. The third-order valence-electron chi connectivity index (χ3n) is 7.07. The van der Waals surface area contributed by atoms with Crippen molar-refractivity contribution in [3.05, 3.63) is 89.1 Å². The molecule has 3 N–H and O–H groups in total. The number of aryl methyl sites for hydroxylation is 3. The summed E-state index contributed by atoms with van der Waals surface area (Å²) in [6, 6.07) is 24.3. The van der Waals surface area contributed by atoms with Gasteiger partial charge in [0.05, 0.1) is 0 Å². The summed E-state index contributed by atoms with van der Waals surface area (Å²) in [5.74, 6) is 0.0993. The van der Waals surface area contributed by atoms with Crippen LogP contribution in [0.5, 0.6) is 0 Å². The molecule has 5 rings (SSSR count). The van der Waals surface area contributed by atoms with E-state index in [9.17, 15) is 4.79 Å². The van der Waals surface area contributed by atoms with E-state index >= 15 is 0 Å². The number of pyridine rings is 1. The topological polar surface area (TPSA) is 59.0 Å². The minimum atomic E-state index is 0.0993. The summed E-state index contributed by atoms with van der Waals surface area (Å²) >= 11 is 0. The van der Waals surface area contributed by atoms with Gasteiger partial charge in [-0.15, -0.1) is 0 Å². The molecule has 0 bridgehead atoms. The molecule has 1 aliphatic rings. The highest BCUT2D eigenvalue weighted by atomic mass is 16.1. The number of nitrogens with two attached hydrogens (primary N) is 1. The Morgan fingerprint density at radius 3 is 2.63 bits per heavy atom. The van der Waals surface area contributed by atoms with Gasteiger partial charge >= 0.3 is 0 Å². The number of nitrogens with zero attached hydrogens (tertiary/aromatic N) is 1. The van der Waals surface area contributed by atoms with E-state index in [1.165, 1.54) is 44.1 Å². The fourth-order valence-electron chi connectivity index (χ4n) is 5.30. The summed E-state index contributed by atoms with van der Waals surface area (Å²) in [7, 11) is 0. The second-order valence-corrected chi connectivity index (χ2v) is 9.40. The molecule has 0 saturated carbocycles. The lowest BCUT2D eigenvalue weighted by Gasteiger charge is -2.07. The number of carbonyl (C=O) groups excluding carboxylic acids is 1. The summed E-state index contributed by atoms with van der Waals surface area (Å²) in [6.45, 7) is 1.97. The Hall–Kier alpha value is -3.50. The third kappa shape index (κ3) is 5.13. The zero-order valence-corrected chi connectivity index (χ0v) is 20.3. The van der Waals surface area contributed by atoms with Crippen LogP contribution >= 0.6 is 0 Å². The highest BCUT2D eigenvalue weighted by Gasteiger charge is 2.16. The standard InChI is InChI=1S/C31H33N3O/c32-20-21-33-30(35)11-2-1-5-22-34-27(19-17-24-7-3-4-10-29(24)34)18-16-23-12-13-26-15-14-25-8-6-9-28(23)31(25)26/h3-4,6-10,12-13,16-19H,1-2,5,11,14-15,20-22,32H2/p+1/b18-16+. The van der Waals surface area contributed by atoms with E-state index in [0.717, 1.165) is 38.6 Å². The highest BCUT2D eigenvalue weighted by molar-refractivity contribution is 5.98. The molecule has 1 aliphatic carbocycles. The van der Waals surface area contributed by atoms with Crippen LogP contribution in [-0.2, 0) is 24.2 Å². The van der Waals surface area contributed by atoms with E-state index in [1.807, 2.05) is 0 Å². The first-order chi connectivity index (χ1) is 17.2. The molecule has 0 saturated heterocycles. The zero-order chi connectivity index (χ0) is 24.0. The number of nitrogens with one attached hydrogen (secondary N) is 1. The maximum atomic E-state index is 11.8. The van der Waals surface area contributed by atoms with Crippen LogP contribution in [0.1, 0.15) is 48.1 Å². The van der Waals surface area contributed by atoms with Gasteiger partial charge < -0.3 is 11.1 Å². The molecule has 0 aliphatic heterocycles. The Bertz CT molecular complexity index is 1380. The van der Waals surface area contributed by atoms with Crippen LogP contribution in [0.25, 0.3) is 33.8 Å². The van der Waals surface area contributed by atoms with E-state index in [1.54, 1.807) is 0 Å². The number of benzene rings is 3. The van der Waals surface area contributed by atoms with E-state index in [0.29, 0.717) is 19.5 Å². The van der Waals surface area contributed by atoms with Gasteiger partial charge in [0.25, 0.3) is 0 Å². The lowest BCUT2D eigenvalue weighted by molar-refractivity contribution is -0.673. The molecule has 0 unspecified atom stereocenters. The predicted octanol–water partition coefficient (Wildman–Crippen LogP) is 5.18. The maximum Gasteiger partial charge on any atom is 0.220 e. The molecular weight excluding hydrogens is 430 g/mol. The predicted molar refractivity (Wildman–Crippen MR) is 145 cm³/mol. The molecule has 0 fully saturated rings. The smallest absolute Gasteiger partial charge is 0.220 e. The second-order valence-electron chi connectivity index (χ2n) is 9.40. The molecule has 3 aromatic carbocycles. The van der Waals surface area contributed by atoms with Crippen molar-refractivity contribution < 1.29 is 9.36 Å². The number of aromatic nitrogens is 1. The Kier molecular flexibility index (Phi) is 7.20. The fraction of sp³-hybridized carbons (Fsp3) is 0.290. The number of para-hydroxylation sites is 1. The Labute approximate surface area is 207 Å². The van der Waals surface area contributed by atoms with Gasteiger partial charge in [-0.3, -0.25) is 4.79 Å². The normalized spacial score (nSPS) is 12.7. The van der Waals surface area contributed by atoms with Gasteiger partial charge in [-0.1, -0.05) is 42.5 Å². The number of hydrogen-bond acceptors (Lipinski definition) is 2. The van der Waals surface area contributed by atoms with Gasteiger partial charge in [-0.2, -0.15) is 4.57 Å². The summed E-state index contributed by atoms with van der Waals surface area (Å²) < 4.78 is 2.42. The molecule has 35 heavy (non-hydrogen) atoms. The average molecular weight is 465 g/mol. The molecule has 1 aromatic heterocycles. The lowest BCUT2D eigenvalue weighted by atomic mass is 9.99. The maximum absolute atomic E-state index is 11.8. The van der Waals surface area contributed by atoms with E-state index < -0.39 is 0 Å². The molecule has 0 spiro atoms. The molecule has 1 amide bonds. The Morgan fingerprint density at radius 2 is 1.74 bits per heavy atom. The largest absolute Gasteiger partial charge is 0.355 e. The minimum Gasteiger partial charge on any atom is -0.355 e. The molecule has 4 nitrogen and oxygen atoms in total. The van der Waals surface area contributed by atoms with Crippen LogP contribution in [0, 0.1) is 0 Å². The molecule has 4 aromatic rings. The minimum absolute atomic E-state index is 0.0993. The number of hydrogen-bond donors (Lipinski definition) is 2. The third-order valence-corrected chi connectivity index (χ3v) is 7.07. The quantitative estimate of drug-likeness (QED) is 0.251. The van der Waals surface area contributed by atoms with Crippen molar-refractivity contribution in [1.29, 1.82) is 0 Å². The number of amides is 1. The van der Waals surface area contributed by atoms with Crippen molar-refractivity contribution in [3.8, 4) is 0 Å². The SMILES string of the molecule is NCCNC(=O)CCCCC[n+]1c(/C=C/c2ccc3c4c(cccc24)CC3)ccc2ccccc21. The Morgan fingerprint density at radius 1 is 0.886 bits per heavy atom. The number of fused-ring (bicyclic) bond motifs is 1. The summed E-state index contributed by atoms with van der Waals surface area (Å²) in [4.78, 5) is 11.8. The van der Waals surface area contributed by atoms with E-state index in [-0.39, 0.29) is 5.91 Å². The summed E-state index contributed by atoms with van der Waals surface area (Å²) in [6.07, 6.45) is 10.3. The van der Waals surface area contributed by atoms with Gasteiger partial charge in [-0.05, 0) is 71.4 Å². The van der Waals surface area contributed by atoms with Crippen molar-refractivity contribution >= 4 is 39.7 Å². The lowest BCUT2D eigenvalue weighted by Crippen LogP contribution is -2.38. The van der Waals surface area contributed by atoms with Gasteiger partial charge in [-0.25, -0.2) is 0 Å². The van der Waals surface area contributed by atoms with Gasteiger partial charge in [0.15, 0.2) is 0 Å². The molecule has 0 radical (unpaired) electrons. The highest BCUT2D eigenvalue weighted by Crippen LogP contribution is 2.33. The van der Waals surface area contributed by atoms with Crippen LogP contribution in [0.2, 0.25) is 0 Å². The average Bonchev–Trinajstić information content (AvgIpc) is 3.32. The summed E-state index contributed by atoms with van der Waals surface area (Å²) in [5, 5.41) is 6.91. The molecular formula is C31H34N3O+. The van der Waals surface area contributed by atoms with Crippen molar-refractivity contribution in [2.45, 2.75) is 45.1 Å². The van der Waals surface area contributed by atoms with Crippen LogP contribution in [0.4, 0.5) is 0 Å². The van der Waals surface area contributed by atoms with Gasteiger partial charge in [0, 0.05) is 49.5 Å². The first-order valence-corrected chi connectivity index (χ1v) is 12.8. The monoisotopic (exact) mass is 464 g/mol. The van der Waals surface area contributed by atoms with Gasteiger partial charge in [0.1, 0.15) is 6.54 Å². The molecule has 4 heteroatoms. The Balaban J connectivity index is 1.36. The number of carbonyl (C=O) groups is 1. The van der Waals surface area contributed by atoms with Crippen molar-refractivity contribution in [2.24, 2.45) is 5.73 Å². The van der Waals surface area contributed by atoms with Crippen molar-refractivity contribution in [3.63, 3.8) is 0 Å². The van der Waals surface area contributed by atoms with Gasteiger partial charge in [0.2, 0.25) is 17.1 Å². The van der Waals surface area contributed by atoms with Crippen LogP contribution in [-0.4, -0.2) is 19.0 Å². The molecule has 1 heterocycles. The number of rotatable bonds is 10. The fourth-order valence-corrected chi connectivity index (χ4v) is 5.30. The van der Waals surface area contributed by atoms with Crippen LogP contribution < -0.4 is 15.6 Å². The number of unbranched alkanes of at least 4 members (excludes halogenated alkanes) is 2. The second kappa shape index (κ2) is 10.8. The molecule has 0 atom stereocenters. The van der Waals surface area contributed by atoms with Crippen LogP contribution in [0.3, 0.4) is 0 Å². The van der Waals surface area contributed by atoms with E-state index in [2.05, 4.69) is 88.8 Å².